The van der Waals surface area contributed by atoms with Gasteiger partial charge < -0.3 is 10.0 Å². The van der Waals surface area contributed by atoms with Crippen molar-refractivity contribution in [2.24, 2.45) is 0 Å². The number of likely N-dealkylation sites (tertiary alicyclic amines) is 1. The summed E-state index contributed by atoms with van der Waals surface area (Å²) in [5.41, 5.74) is 0.493. The molecule has 1 saturated heterocycles. The predicted molar refractivity (Wildman–Crippen MR) is 70.3 cm³/mol. The van der Waals surface area contributed by atoms with Crippen LogP contribution in [-0.4, -0.2) is 43.0 Å². The van der Waals surface area contributed by atoms with E-state index < -0.39 is 6.10 Å². The highest BCUT2D eigenvalue weighted by molar-refractivity contribution is 5.76. The highest BCUT2D eigenvalue weighted by Crippen LogP contribution is 2.22. The molecule has 1 aliphatic rings. The van der Waals surface area contributed by atoms with Crippen LogP contribution < -0.4 is 0 Å². The van der Waals surface area contributed by atoms with Crippen LogP contribution in [-0.2, 0) is 11.3 Å². The third-order valence-electron chi connectivity index (χ3n) is 3.76. The number of carbonyl (C=O) groups excluding carboxylic acids is 1. The second kappa shape index (κ2) is 5.69. The molecule has 19 heavy (non-hydrogen) atoms. The molecule has 1 N–H and O–H groups in total. The fourth-order valence-electron chi connectivity index (χ4n) is 2.72. The van der Waals surface area contributed by atoms with Crippen LogP contribution in [0.15, 0.2) is 6.20 Å². The Morgan fingerprint density at radius 3 is 2.63 bits per heavy atom. The van der Waals surface area contributed by atoms with Gasteiger partial charge in [0.15, 0.2) is 0 Å². The van der Waals surface area contributed by atoms with E-state index in [1.54, 1.807) is 13.1 Å². The van der Waals surface area contributed by atoms with E-state index >= 15 is 0 Å². The van der Waals surface area contributed by atoms with Crippen molar-refractivity contribution in [2.45, 2.75) is 64.8 Å². The Morgan fingerprint density at radius 1 is 1.47 bits per heavy atom. The molecule has 3 atom stereocenters. The summed E-state index contributed by atoms with van der Waals surface area (Å²) in [6, 6.07) is 0.576. The Labute approximate surface area is 113 Å². The minimum Gasteiger partial charge on any atom is -0.387 e. The molecule has 0 aromatic carbocycles. The number of aliphatic hydroxyl groups is 1. The smallest absolute Gasteiger partial charge is 0.244 e. The van der Waals surface area contributed by atoms with E-state index in [0.717, 1.165) is 12.8 Å². The lowest BCUT2D eigenvalue weighted by atomic mass is 9.97. The van der Waals surface area contributed by atoms with E-state index in [-0.39, 0.29) is 24.5 Å². The molecular weight excluding hydrogens is 244 g/mol. The van der Waals surface area contributed by atoms with Gasteiger partial charge in [0.25, 0.3) is 0 Å². The van der Waals surface area contributed by atoms with Crippen molar-refractivity contribution in [3.63, 3.8) is 0 Å². The van der Waals surface area contributed by atoms with E-state index in [4.69, 9.17) is 0 Å². The number of aromatic nitrogens is 3. The molecule has 0 radical (unpaired) electrons. The van der Waals surface area contributed by atoms with Crippen LogP contribution in [0.5, 0.6) is 0 Å². The summed E-state index contributed by atoms with van der Waals surface area (Å²) in [6.07, 6.45) is 4.28. The molecular formula is C13H22N4O2. The van der Waals surface area contributed by atoms with E-state index in [0.29, 0.717) is 5.69 Å². The average Bonchev–Trinajstić information content (AvgIpc) is 2.77. The van der Waals surface area contributed by atoms with E-state index in [1.807, 2.05) is 4.90 Å². The molecule has 2 heterocycles. The molecule has 1 aromatic heterocycles. The van der Waals surface area contributed by atoms with E-state index in [1.165, 1.54) is 11.1 Å². The molecule has 1 fully saturated rings. The summed E-state index contributed by atoms with van der Waals surface area (Å²) in [6.45, 7) is 6.01. The van der Waals surface area contributed by atoms with Crippen molar-refractivity contribution in [2.75, 3.05) is 0 Å². The number of carbonyl (C=O) groups is 1. The Balaban J connectivity index is 2.03. The third kappa shape index (κ3) is 3.12. The first kappa shape index (κ1) is 14.0. The van der Waals surface area contributed by atoms with Gasteiger partial charge in [0, 0.05) is 12.1 Å². The molecule has 6 heteroatoms. The van der Waals surface area contributed by atoms with Crippen molar-refractivity contribution in [1.82, 2.24) is 19.9 Å². The second-order valence-electron chi connectivity index (χ2n) is 5.45. The lowest BCUT2D eigenvalue weighted by Gasteiger charge is -2.39. The van der Waals surface area contributed by atoms with Crippen molar-refractivity contribution < 1.29 is 9.90 Å². The molecule has 1 aliphatic heterocycles. The van der Waals surface area contributed by atoms with Gasteiger partial charge >= 0.3 is 0 Å². The maximum Gasteiger partial charge on any atom is 0.244 e. The number of piperidine rings is 1. The normalized spacial score (nSPS) is 25.4. The number of nitrogens with zero attached hydrogens (tertiary/aromatic N) is 4. The minimum atomic E-state index is -0.656. The van der Waals surface area contributed by atoms with Crippen molar-refractivity contribution in [1.29, 1.82) is 0 Å². The van der Waals surface area contributed by atoms with E-state index in [9.17, 15) is 9.90 Å². The quantitative estimate of drug-likeness (QED) is 0.890. The molecule has 0 bridgehead atoms. The van der Waals surface area contributed by atoms with Crippen LogP contribution in [0.1, 0.15) is 51.8 Å². The van der Waals surface area contributed by atoms with Gasteiger partial charge in [-0.2, -0.15) is 0 Å². The number of rotatable bonds is 3. The topological polar surface area (TPSA) is 71.2 Å². The molecule has 106 valence electrons. The van der Waals surface area contributed by atoms with Gasteiger partial charge in [-0.25, -0.2) is 4.68 Å². The SMILES string of the molecule is CC(O)c1cn(CC(=O)N2C(C)CCCC2C)nn1. The molecule has 1 aromatic rings. The third-order valence-corrected chi connectivity index (χ3v) is 3.76. The summed E-state index contributed by atoms with van der Waals surface area (Å²) in [5.74, 6) is 0.0711. The Bertz CT molecular complexity index is 434. The van der Waals surface area contributed by atoms with Gasteiger partial charge in [-0.15, -0.1) is 5.10 Å². The average molecular weight is 266 g/mol. The Morgan fingerprint density at radius 2 is 2.11 bits per heavy atom. The minimum absolute atomic E-state index is 0.0711. The maximum atomic E-state index is 12.3. The van der Waals surface area contributed by atoms with Crippen LogP contribution in [0.4, 0.5) is 0 Å². The number of hydrogen-bond acceptors (Lipinski definition) is 4. The van der Waals surface area contributed by atoms with Gasteiger partial charge in [-0.1, -0.05) is 5.21 Å². The summed E-state index contributed by atoms with van der Waals surface area (Å²) < 4.78 is 1.50. The van der Waals surface area contributed by atoms with Crippen LogP contribution in [0, 0.1) is 0 Å². The number of hydrogen-bond donors (Lipinski definition) is 1. The fraction of sp³-hybridized carbons (Fsp3) is 0.769. The van der Waals surface area contributed by atoms with Crippen LogP contribution in [0.25, 0.3) is 0 Å². The standard InChI is InChI=1S/C13H22N4O2/c1-9-5-4-6-10(2)17(9)13(19)8-16-7-12(11(3)18)14-15-16/h7,9-11,18H,4-6,8H2,1-3H3. The molecule has 2 rings (SSSR count). The predicted octanol–water partition coefficient (Wildman–Crippen LogP) is 1.12. The van der Waals surface area contributed by atoms with E-state index in [2.05, 4.69) is 24.2 Å². The van der Waals surface area contributed by atoms with Crippen LogP contribution in [0.2, 0.25) is 0 Å². The number of aliphatic hydroxyl groups excluding tert-OH is 1. The summed E-state index contributed by atoms with van der Waals surface area (Å²) >= 11 is 0. The molecule has 1 amide bonds. The van der Waals surface area contributed by atoms with Crippen molar-refractivity contribution >= 4 is 5.91 Å². The Hall–Kier alpha value is -1.43. The molecule has 0 spiro atoms. The molecule has 0 saturated carbocycles. The van der Waals surface area contributed by atoms with Gasteiger partial charge in [-0.3, -0.25) is 4.79 Å². The molecule has 3 unspecified atom stereocenters. The lowest BCUT2D eigenvalue weighted by molar-refractivity contribution is -0.138. The molecule has 6 nitrogen and oxygen atoms in total. The monoisotopic (exact) mass is 266 g/mol. The van der Waals surface area contributed by atoms with Gasteiger partial charge in [-0.05, 0) is 40.0 Å². The van der Waals surface area contributed by atoms with Gasteiger partial charge in [0.2, 0.25) is 5.91 Å². The number of amides is 1. The largest absolute Gasteiger partial charge is 0.387 e. The first-order valence-corrected chi connectivity index (χ1v) is 6.88. The second-order valence-corrected chi connectivity index (χ2v) is 5.45. The first-order valence-electron chi connectivity index (χ1n) is 6.88. The highest BCUT2D eigenvalue weighted by atomic mass is 16.3. The molecule has 0 aliphatic carbocycles. The zero-order valence-corrected chi connectivity index (χ0v) is 11.8. The van der Waals surface area contributed by atoms with Crippen LogP contribution in [0.3, 0.4) is 0 Å². The maximum absolute atomic E-state index is 12.3. The fourth-order valence-corrected chi connectivity index (χ4v) is 2.72. The summed E-state index contributed by atoms with van der Waals surface area (Å²) in [5, 5.41) is 17.1. The highest BCUT2D eigenvalue weighted by Gasteiger charge is 2.29. The van der Waals surface area contributed by atoms with Crippen molar-refractivity contribution in [3.8, 4) is 0 Å². The zero-order chi connectivity index (χ0) is 14.0. The summed E-state index contributed by atoms with van der Waals surface area (Å²) in [4.78, 5) is 14.3. The summed E-state index contributed by atoms with van der Waals surface area (Å²) in [7, 11) is 0. The van der Waals surface area contributed by atoms with Crippen LogP contribution >= 0.6 is 0 Å². The first-order chi connectivity index (χ1) is 8.99. The van der Waals surface area contributed by atoms with Crippen molar-refractivity contribution in [3.05, 3.63) is 11.9 Å². The Kier molecular flexibility index (Phi) is 4.19. The van der Waals surface area contributed by atoms with Gasteiger partial charge in [0.1, 0.15) is 12.2 Å². The zero-order valence-electron chi connectivity index (χ0n) is 11.8. The van der Waals surface area contributed by atoms with Gasteiger partial charge in [0.05, 0.1) is 12.3 Å². The lowest BCUT2D eigenvalue weighted by Crippen LogP contribution is -2.48.